The van der Waals surface area contributed by atoms with Crippen LogP contribution in [0.2, 0.25) is 0 Å². The number of benzene rings is 18. The van der Waals surface area contributed by atoms with Gasteiger partial charge in [-0.3, -0.25) is 0 Å². The van der Waals surface area contributed by atoms with Crippen molar-refractivity contribution in [3.05, 3.63) is 440 Å². The summed E-state index contributed by atoms with van der Waals surface area (Å²) in [6.45, 7) is 0. The van der Waals surface area contributed by atoms with Crippen LogP contribution in [-0.2, 0) is 16.2 Å². The predicted molar refractivity (Wildman–Crippen MR) is 554 cm³/mol. The van der Waals surface area contributed by atoms with Gasteiger partial charge in [0.05, 0.1) is 0 Å². The molecule has 18 aromatic carbocycles. The average Bonchev–Trinajstić information content (AvgIpc) is 1.54. The van der Waals surface area contributed by atoms with Crippen LogP contribution >= 0.6 is 0 Å². The maximum Gasteiger partial charge on any atom is 0.0468 e. The summed E-state index contributed by atoms with van der Waals surface area (Å²) in [5, 5.41) is 10.3. The van der Waals surface area contributed by atoms with Crippen molar-refractivity contribution >= 4 is 94.3 Å². The van der Waals surface area contributed by atoms with Gasteiger partial charge >= 0.3 is 0 Å². The van der Waals surface area contributed by atoms with Crippen LogP contribution in [0.1, 0.15) is 130 Å². The fourth-order valence-electron chi connectivity index (χ4n) is 31.5. The first-order chi connectivity index (χ1) is 65.8. The van der Waals surface area contributed by atoms with E-state index in [1.165, 1.54) is 246 Å². The molecule has 644 valence electrons. The van der Waals surface area contributed by atoms with Crippen molar-refractivity contribution in [3.63, 3.8) is 0 Å². The van der Waals surface area contributed by atoms with Crippen LogP contribution in [0.15, 0.2) is 406 Å². The summed E-state index contributed by atoms with van der Waals surface area (Å²) in [5.74, 6) is 10.5. The molecule has 133 heavy (non-hydrogen) atoms. The zero-order valence-electron chi connectivity index (χ0n) is 75.6. The van der Waals surface area contributed by atoms with E-state index >= 15 is 0 Å². The third-order valence-electron chi connectivity index (χ3n) is 35.9. The van der Waals surface area contributed by atoms with Crippen molar-refractivity contribution in [1.29, 1.82) is 0 Å². The second kappa shape index (κ2) is 30.7. The Morgan fingerprint density at radius 1 is 0.150 bits per heavy atom. The largest absolute Gasteiger partial charge is 0.310 e. The van der Waals surface area contributed by atoms with E-state index in [0.717, 1.165) is 71.0 Å². The Labute approximate surface area is 782 Å². The highest BCUT2D eigenvalue weighted by molar-refractivity contribution is 6.09. The first-order valence-electron chi connectivity index (χ1n) is 50.2. The van der Waals surface area contributed by atoms with Gasteiger partial charge < -0.3 is 14.7 Å². The van der Waals surface area contributed by atoms with Gasteiger partial charge in [-0.15, -0.1) is 0 Å². The van der Waals surface area contributed by atoms with E-state index in [1.54, 1.807) is 33.4 Å². The molecular formula is C130H109N3. The van der Waals surface area contributed by atoms with Gasteiger partial charge in [-0.05, 0) is 415 Å². The van der Waals surface area contributed by atoms with Crippen LogP contribution in [0.3, 0.4) is 0 Å². The molecule has 0 unspecified atom stereocenters. The van der Waals surface area contributed by atoms with Crippen molar-refractivity contribution in [2.75, 3.05) is 14.7 Å². The van der Waals surface area contributed by atoms with Crippen molar-refractivity contribution in [3.8, 4) is 55.6 Å². The van der Waals surface area contributed by atoms with Crippen LogP contribution < -0.4 is 14.7 Å². The third kappa shape index (κ3) is 12.1. The zero-order chi connectivity index (χ0) is 87.2. The summed E-state index contributed by atoms with van der Waals surface area (Å²) >= 11 is 0. The van der Waals surface area contributed by atoms with Crippen LogP contribution in [0.5, 0.6) is 0 Å². The number of hydrogen-bond donors (Lipinski definition) is 0. The summed E-state index contributed by atoms with van der Waals surface area (Å²) in [6, 6.07) is 153. The van der Waals surface area contributed by atoms with Crippen molar-refractivity contribution in [2.45, 2.75) is 113 Å². The SMILES string of the molecule is c1ccc(N(c2ccc(-c3ccc4ccccc4c3)cc2)c2ccc3c(c2)-c2ccccc2C32C3CC4CC(C3)CC2C4)cc1.c1ccc(N(c2ccc(-c3cccc4ccccc34)cc2)c2ccc3c(c2)-c2ccccc2C32C3CC4CC(C3)CC2C4)cc1.c1ccc(N(c2ccc3c(c2)-c2ccccc2C32C3CC4CC(C3)CC2C4)c2ccc3c(ccc4ccccc43)c2)cc1. The molecule has 15 aliphatic rings. The minimum absolute atomic E-state index is 0.204. The fraction of sp³-hybridized carbons (Fsp3) is 0.231. The molecule has 3 heteroatoms. The van der Waals surface area contributed by atoms with Crippen molar-refractivity contribution < 1.29 is 0 Å². The van der Waals surface area contributed by atoms with Gasteiger partial charge in [-0.1, -0.05) is 291 Å². The first-order valence-corrected chi connectivity index (χ1v) is 50.2. The summed E-state index contributed by atoms with van der Waals surface area (Å²) in [6.07, 6.45) is 21.5. The third-order valence-corrected chi connectivity index (χ3v) is 35.9. The number of fused-ring (bicyclic) bond motifs is 14. The highest BCUT2D eigenvalue weighted by Gasteiger charge is 2.65. The van der Waals surface area contributed by atoms with E-state index in [1.807, 2.05) is 0 Å². The molecule has 0 aliphatic heterocycles. The smallest absolute Gasteiger partial charge is 0.0468 e. The van der Waals surface area contributed by atoms with E-state index in [4.69, 9.17) is 0 Å². The molecule has 33 rings (SSSR count). The van der Waals surface area contributed by atoms with E-state index in [0.29, 0.717) is 0 Å². The van der Waals surface area contributed by atoms with Crippen LogP contribution in [0.4, 0.5) is 51.2 Å². The molecule has 12 fully saturated rings. The Morgan fingerprint density at radius 2 is 0.429 bits per heavy atom. The molecule has 0 aromatic heterocycles. The van der Waals surface area contributed by atoms with Crippen LogP contribution in [-0.4, -0.2) is 0 Å². The normalized spacial score (nSPS) is 25.7. The van der Waals surface area contributed by atoms with Gasteiger partial charge in [0.2, 0.25) is 0 Å². The van der Waals surface area contributed by atoms with Gasteiger partial charge in [-0.2, -0.15) is 0 Å². The molecule has 0 radical (unpaired) electrons. The molecule has 0 heterocycles. The average molecular weight is 1710 g/mol. The summed E-state index contributed by atoms with van der Waals surface area (Å²) in [4.78, 5) is 7.34. The highest BCUT2D eigenvalue weighted by Crippen LogP contribution is 2.74. The maximum absolute atomic E-state index is 2.54. The van der Waals surface area contributed by atoms with E-state index < -0.39 is 0 Å². The van der Waals surface area contributed by atoms with Crippen LogP contribution in [0.25, 0.3) is 98.7 Å². The number of nitrogens with zero attached hydrogens (tertiary/aromatic N) is 3. The zero-order valence-corrected chi connectivity index (χ0v) is 75.6. The highest BCUT2D eigenvalue weighted by atomic mass is 15.2. The van der Waals surface area contributed by atoms with Gasteiger partial charge in [0.25, 0.3) is 0 Å². The molecule has 18 aromatic rings. The van der Waals surface area contributed by atoms with Crippen molar-refractivity contribution in [1.82, 2.24) is 0 Å². The monoisotopic (exact) mass is 1710 g/mol. The lowest BCUT2D eigenvalue weighted by molar-refractivity contribution is -0.0399. The Balaban J connectivity index is 0.0000000996. The minimum Gasteiger partial charge on any atom is -0.310 e. The van der Waals surface area contributed by atoms with Gasteiger partial charge in [0.15, 0.2) is 0 Å². The topological polar surface area (TPSA) is 9.72 Å². The van der Waals surface area contributed by atoms with E-state index in [-0.39, 0.29) is 16.2 Å². The number of hydrogen-bond acceptors (Lipinski definition) is 3. The van der Waals surface area contributed by atoms with Crippen molar-refractivity contribution in [2.24, 2.45) is 71.0 Å². The Kier molecular flexibility index (Phi) is 18.1. The summed E-state index contributed by atoms with van der Waals surface area (Å²) in [5.41, 5.74) is 35.0. The number of rotatable bonds is 11. The molecule has 12 saturated carbocycles. The molecule has 3 spiro atoms. The molecule has 0 N–H and O–H groups in total. The lowest BCUT2D eigenvalue weighted by Crippen LogP contribution is -2.55. The molecular weight excluding hydrogens is 1600 g/mol. The van der Waals surface area contributed by atoms with Gasteiger partial charge in [0.1, 0.15) is 0 Å². The van der Waals surface area contributed by atoms with Crippen LogP contribution in [0, 0.1) is 71.0 Å². The lowest BCUT2D eigenvalue weighted by atomic mass is 9.43. The maximum atomic E-state index is 2.54. The molecule has 12 bridgehead atoms. The Bertz CT molecular complexity index is 7540. The molecule has 0 saturated heterocycles. The standard InChI is InChI=1S/2C44H37N.C42H35N/c1-2-11-35(12-3-1)45(36-19-17-32(18-20-36)39-15-8-10-31-9-4-5-13-38(31)39)37-21-22-43-41(28-37)40-14-6-7-16-42(40)44(43)33-24-29-23-30(26-33)27-34(44)25-29;1-2-10-37(11-3-1)45(38-18-16-32(17-19-38)34-15-14-31-8-4-5-9-33(31)27-34)39-20-21-43-41(28-39)40-12-6-7-13-42(40)44(43)35-23-29-22-30(25-35)26-36(44)24-29;1-2-9-33(10-3-1)43(34-16-18-37-30(25-34)15-14-29-8-4-5-11-36(29)37)35-17-19-41-39(26-35)38-12-6-7-13-40(38)42(41)31-21-27-20-28(23-31)24-32(42)22-27/h1-22,28-30,33-34H,23-27H2;1-21,27-30,35-36H,22-26H2;1-19,25-28,31-32H,20-24H2. The molecule has 3 nitrogen and oxygen atoms in total. The summed E-state index contributed by atoms with van der Waals surface area (Å²) < 4.78 is 0. The fourth-order valence-corrected chi connectivity index (χ4v) is 31.5. The summed E-state index contributed by atoms with van der Waals surface area (Å²) in [7, 11) is 0. The lowest BCUT2D eigenvalue weighted by Gasteiger charge is -2.61. The first kappa shape index (κ1) is 78.1. The Hall–Kier alpha value is -13.6. The second-order valence-corrected chi connectivity index (χ2v) is 42.2. The number of anilines is 9. The van der Waals surface area contributed by atoms with E-state index in [2.05, 4.69) is 421 Å². The molecule has 0 amide bonds. The minimum atomic E-state index is 0.204. The molecule has 0 atom stereocenters. The van der Waals surface area contributed by atoms with Gasteiger partial charge in [0, 0.05) is 67.4 Å². The Morgan fingerprint density at radius 3 is 0.865 bits per heavy atom. The van der Waals surface area contributed by atoms with Gasteiger partial charge in [-0.25, -0.2) is 0 Å². The quantitative estimate of drug-likeness (QED) is 0.120. The number of para-hydroxylation sites is 3. The predicted octanol–water partition coefficient (Wildman–Crippen LogP) is 34.6. The van der Waals surface area contributed by atoms with E-state index in [9.17, 15) is 0 Å². The second-order valence-electron chi connectivity index (χ2n) is 42.2. The molecule has 15 aliphatic carbocycles.